The van der Waals surface area contributed by atoms with Gasteiger partial charge in [0.1, 0.15) is 0 Å². The fraction of sp³-hybridized carbons (Fsp3) is 0.136. The van der Waals surface area contributed by atoms with Gasteiger partial charge in [0.15, 0.2) is 5.11 Å². The third kappa shape index (κ3) is 4.46. The zero-order valence-corrected chi connectivity index (χ0v) is 15.3. The lowest BCUT2D eigenvalue weighted by Gasteiger charge is -2.22. The number of nitrogens with one attached hydrogen (secondary N) is 2. The first-order valence-electron chi connectivity index (χ1n) is 8.38. The lowest BCUT2D eigenvalue weighted by Crippen LogP contribution is -2.33. The topological polar surface area (TPSA) is 24.1 Å². The first-order valence-corrected chi connectivity index (χ1v) is 8.79. The Bertz CT molecular complexity index is 841. The summed E-state index contributed by atoms with van der Waals surface area (Å²) in [7, 11) is 0. The molecular weight excluding hydrogens is 324 g/mol. The van der Waals surface area contributed by atoms with Gasteiger partial charge in [-0.2, -0.15) is 0 Å². The molecule has 0 amide bonds. The average Bonchev–Trinajstić information content (AvgIpc) is 2.63. The fourth-order valence-electron chi connectivity index (χ4n) is 2.77. The predicted molar refractivity (Wildman–Crippen MR) is 110 cm³/mol. The van der Waals surface area contributed by atoms with Gasteiger partial charge in [-0.25, -0.2) is 0 Å². The average molecular weight is 346 g/mol. The molecule has 0 aliphatic carbocycles. The fourth-order valence-corrected chi connectivity index (χ4v) is 2.99. The van der Waals surface area contributed by atoms with Gasteiger partial charge in [0.2, 0.25) is 0 Å². The summed E-state index contributed by atoms with van der Waals surface area (Å²) in [5, 5.41) is 7.39. The number of benzene rings is 3. The first kappa shape index (κ1) is 17.2. The van der Waals surface area contributed by atoms with Crippen LogP contribution < -0.4 is 10.6 Å². The SMILES string of the molecule is Cc1ccc(C(NC(=S)Nc2ccccc2C)c2ccccc2)cc1. The van der Waals surface area contributed by atoms with Gasteiger partial charge in [0, 0.05) is 5.69 Å². The Morgan fingerprint density at radius 2 is 1.36 bits per heavy atom. The van der Waals surface area contributed by atoms with Crippen LogP contribution in [-0.2, 0) is 0 Å². The van der Waals surface area contributed by atoms with Crippen molar-refractivity contribution in [1.82, 2.24) is 5.32 Å². The molecule has 25 heavy (non-hydrogen) atoms. The van der Waals surface area contributed by atoms with Gasteiger partial charge in [-0.05, 0) is 48.8 Å². The van der Waals surface area contributed by atoms with Crippen LogP contribution in [0.15, 0.2) is 78.9 Å². The molecule has 0 saturated carbocycles. The molecule has 126 valence electrons. The van der Waals surface area contributed by atoms with Gasteiger partial charge in [-0.1, -0.05) is 78.4 Å². The van der Waals surface area contributed by atoms with Crippen LogP contribution in [0.25, 0.3) is 0 Å². The number of hydrogen-bond donors (Lipinski definition) is 2. The number of anilines is 1. The van der Waals surface area contributed by atoms with Crippen molar-refractivity contribution in [2.24, 2.45) is 0 Å². The van der Waals surface area contributed by atoms with Gasteiger partial charge < -0.3 is 10.6 Å². The van der Waals surface area contributed by atoms with Gasteiger partial charge in [0.05, 0.1) is 6.04 Å². The van der Waals surface area contributed by atoms with Crippen LogP contribution in [0.5, 0.6) is 0 Å². The van der Waals surface area contributed by atoms with Crippen molar-refractivity contribution in [3.05, 3.63) is 101 Å². The maximum absolute atomic E-state index is 5.58. The molecular formula is C22H22N2S. The largest absolute Gasteiger partial charge is 0.352 e. The number of thiocarbonyl (C=S) groups is 1. The standard InChI is InChI=1S/C22H22N2S/c1-16-12-14-19(15-13-16)21(18-9-4-3-5-10-18)24-22(25)23-20-11-7-6-8-17(20)2/h3-15,21H,1-2H3,(H2,23,24,25). The lowest BCUT2D eigenvalue weighted by molar-refractivity contribution is 0.768. The Kier molecular flexibility index (Phi) is 5.46. The van der Waals surface area contributed by atoms with Crippen molar-refractivity contribution < 1.29 is 0 Å². The molecule has 3 rings (SSSR count). The summed E-state index contributed by atoms with van der Waals surface area (Å²) >= 11 is 5.58. The molecule has 3 heteroatoms. The second kappa shape index (κ2) is 7.95. The van der Waals surface area contributed by atoms with Crippen LogP contribution in [0.1, 0.15) is 28.3 Å². The molecule has 0 bridgehead atoms. The second-order valence-electron chi connectivity index (χ2n) is 6.17. The Balaban J connectivity index is 1.84. The summed E-state index contributed by atoms with van der Waals surface area (Å²) in [6, 6.07) is 27.1. The van der Waals surface area contributed by atoms with Gasteiger partial charge in [-0.3, -0.25) is 0 Å². The van der Waals surface area contributed by atoms with E-state index < -0.39 is 0 Å². The molecule has 3 aromatic rings. The van der Waals surface area contributed by atoms with E-state index in [0.29, 0.717) is 5.11 Å². The highest BCUT2D eigenvalue weighted by atomic mass is 32.1. The molecule has 3 aromatic carbocycles. The number of hydrogen-bond acceptors (Lipinski definition) is 1. The number of rotatable bonds is 4. The molecule has 0 aromatic heterocycles. The smallest absolute Gasteiger partial charge is 0.171 e. The Hall–Kier alpha value is -2.65. The van der Waals surface area contributed by atoms with Crippen LogP contribution in [-0.4, -0.2) is 5.11 Å². The van der Waals surface area contributed by atoms with Crippen LogP contribution in [0.3, 0.4) is 0 Å². The molecule has 0 heterocycles. The molecule has 1 unspecified atom stereocenters. The third-order valence-corrected chi connectivity index (χ3v) is 4.43. The van der Waals surface area contributed by atoms with E-state index in [1.807, 2.05) is 24.3 Å². The quantitative estimate of drug-likeness (QED) is 0.620. The first-order chi connectivity index (χ1) is 12.1. The molecule has 0 aliphatic rings. The van der Waals surface area contributed by atoms with Crippen LogP contribution in [0.4, 0.5) is 5.69 Å². The van der Waals surface area contributed by atoms with Gasteiger partial charge in [0.25, 0.3) is 0 Å². The summed E-state index contributed by atoms with van der Waals surface area (Å²) in [4.78, 5) is 0. The van der Waals surface area contributed by atoms with Crippen molar-refractivity contribution in [3.8, 4) is 0 Å². The van der Waals surface area contributed by atoms with Crippen molar-refractivity contribution in [3.63, 3.8) is 0 Å². The van der Waals surface area contributed by atoms with Crippen LogP contribution in [0, 0.1) is 13.8 Å². The highest BCUT2D eigenvalue weighted by molar-refractivity contribution is 7.80. The second-order valence-corrected chi connectivity index (χ2v) is 6.58. The Morgan fingerprint density at radius 1 is 0.760 bits per heavy atom. The van der Waals surface area contributed by atoms with E-state index in [1.54, 1.807) is 0 Å². The highest BCUT2D eigenvalue weighted by Crippen LogP contribution is 2.23. The van der Waals surface area contributed by atoms with E-state index in [1.165, 1.54) is 22.3 Å². The zero-order valence-electron chi connectivity index (χ0n) is 14.5. The summed E-state index contributed by atoms with van der Waals surface area (Å²) in [6.07, 6.45) is 0. The molecule has 0 aliphatic heterocycles. The monoisotopic (exact) mass is 346 g/mol. The van der Waals surface area contributed by atoms with Crippen LogP contribution >= 0.6 is 12.2 Å². The summed E-state index contributed by atoms with van der Waals surface area (Å²) < 4.78 is 0. The maximum Gasteiger partial charge on any atom is 0.171 e. The summed E-state index contributed by atoms with van der Waals surface area (Å²) in [6.45, 7) is 4.17. The van der Waals surface area contributed by atoms with E-state index in [-0.39, 0.29) is 6.04 Å². The van der Waals surface area contributed by atoms with E-state index >= 15 is 0 Å². The summed E-state index contributed by atoms with van der Waals surface area (Å²) in [5.74, 6) is 0. The molecule has 0 saturated heterocycles. The maximum atomic E-state index is 5.58. The van der Waals surface area contributed by atoms with Gasteiger partial charge >= 0.3 is 0 Å². The Morgan fingerprint density at radius 3 is 2.04 bits per heavy atom. The third-order valence-electron chi connectivity index (χ3n) is 4.21. The van der Waals surface area contributed by atoms with Crippen LogP contribution in [0.2, 0.25) is 0 Å². The lowest BCUT2D eigenvalue weighted by atomic mass is 9.98. The minimum atomic E-state index is 0.00539. The van der Waals surface area contributed by atoms with E-state index in [9.17, 15) is 0 Å². The van der Waals surface area contributed by atoms with Gasteiger partial charge in [-0.15, -0.1) is 0 Å². The molecule has 1 atom stereocenters. The number of para-hydroxylation sites is 1. The molecule has 2 N–H and O–H groups in total. The van der Waals surface area contributed by atoms with Crippen molar-refractivity contribution in [2.75, 3.05) is 5.32 Å². The van der Waals surface area contributed by atoms with E-state index in [4.69, 9.17) is 12.2 Å². The number of aryl methyl sites for hydroxylation is 2. The highest BCUT2D eigenvalue weighted by Gasteiger charge is 2.15. The van der Waals surface area contributed by atoms with E-state index in [0.717, 1.165) is 5.69 Å². The zero-order chi connectivity index (χ0) is 17.6. The molecule has 0 spiro atoms. The van der Waals surface area contributed by atoms with Crippen molar-refractivity contribution >= 4 is 23.0 Å². The molecule has 0 radical (unpaired) electrons. The minimum absolute atomic E-state index is 0.00539. The molecule has 2 nitrogen and oxygen atoms in total. The minimum Gasteiger partial charge on any atom is -0.352 e. The van der Waals surface area contributed by atoms with E-state index in [2.05, 4.69) is 79.1 Å². The predicted octanol–water partition coefficient (Wildman–Crippen LogP) is 5.38. The van der Waals surface area contributed by atoms with Crippen molar-refractivity contribution in [1.29, 1.82) is 0 Å². The normalized spacial score (nSPS) is 11.6. The molecule has 0 fully saturated rings. The Labute approximate surface area is 154 Å². The summed E-state index contributed by atoms with van der Waals surface area (Å²) in [5.41, 5.74) is 5.80. The van der Waals surface area contributed by atoms with Crippen molar-refractivity contribution in [2.45, 2.75) is 19.9 Å².